The molecule has 0 aliphatic carbocycles. The summed E-state index contributed by atoms with van der Waals surface area (Å²) in [6.07, 6.45) is -0.104. The predicted octanol–water partition coefficient (Wildman–Crippen LogP) is 1.06. The van der Waals surface area contributed by atoms with Crippen molar-refractivity contribution in [1.82, 2.24) is 4.98 Å². The third-order valence-corrected chi connectivity index (χ3v) is 1.58. The van der Waals surface area contributed by atoms with Gasteiger partial charge in [-0.1, -0.05) is 0 Å². The van der Waals surface area contributed by atoms with Gasteiger partial charge in [0.15, 0.2) is 0 Å². The van der Waals surface area contributed by atoms with E-state index in [9.17, 15) is 10.1 Å². The molecular weight excluding hydrogens is 186 g/mol. The molecule has 0 saturated heterocycles. The molecule has 1 heterocycles. The van der Waals surface area contributed by atoms with Gasteiger partial charge in [-0.2, -0.15) is 5.26 Å². The Bertz CT molecular complexity index is 397. The molecule has 1 rings (SSSR count). The monoisotopic (exact) mass is 193 g/mol. The molecule has 0 unspecified atom stereocenters. The first kappa shape index (κ1) is 9.92. The first-order valence-electron chi connectivity index (χ1n) is 3.74. The molecule has 14 heavy (non-hydrogen) atoms. The van der Waals surface area contributed by atoms with Crippen LogP contribution in [0.2, 0.25) is 0 Å². The van der Waals surface area contributed by atoms with Gasteiger partial charge in [0.2, 0.25) is 5.88 Å². The summed E-state index contributed by atoms with van der Waals surface area (Å²) in [5.74, 6) is 0.265. The normalized spacial score (nSPS) is 9.14. The van der Waals surface area contributed by atoms with Crippen molar-refractivity contribution in [3.05, 3.63) is 27.9 Å². The van der Waals surface area contributed by atoms with Crippen LogP contribution in [-0.4, -0.2) is 17.0 Å². The van der Waals surface area contributed by atoms with Gasteiger partial charge in [-0.05, 0) is 0 Å². The van der Waals surface area contributed by atoms with Gasteiger partial charge in [-0.25, -0.2) is 4.98 Å². The van der Waals surface area contributed by atoms with Crippen LogP contribution in [0.25, 0.3) is 0 Å². The summed E-state index contributed by atoms with van der Waals surface area (Å²) in [4.78, 5) is 13.8. The number of hydrogen-bond acceptors (Lipinski definition) is 5. The summed E-state index contributed by atoms with van der Waals surface area (Å²) in [6, 6.07) is 4.47. The van der Waals surface area contributed by atoms with Gasteiger partial charge in [-0.15, -0.1) is 0 Å². The molecule has 6 heteroatoms. The Morgan fingerprint density at radius 1 is 1.71 bits per heavy atom. The van der Waals surface area contributed by atoms with E-state index in [1.807, 2.05) is 6.07 Å². The number of methoxy groups -OCH3 is 1. The van der Waals surface area contributed by atoms with Crippen molar-refractivity contribution in [2.75, 3.05) is 7.11 Å². The lowest BCUT2D eigenvalue weighted by molar-refractivity contribution is -0.385. The minimum Gasteiger partial charge on any atom is -0.481 e. The quantitative estimate of drug-likeness (QED) is 0.529. The van der Waals surface area contributed by atoms with Crippen molar-refractivity contribution < 1.29 is 9.66 Å². The highest BCUT2D eigenvalue weighted by atomic mass is 16.6. The van der Waals surface area contributed by atoms with Crippen LogP contribution in [0.1, 0.15) is 5.69 Å². The molecule has 0 bridgehead atoms. The van der Waals surface area contributed by atoms with Crippen molar-refractivity contribution in [3.8, 4) is 11.9 Å². The third kappa shape index (κ3) is 1.95. The largest absolute Gasteiger partial charge is 0.481 e. The molecule has 0 aliphatic heterocycles. The van der Waals surface area contributed by atoms with Crippen LogP contribution in [-0.2, 0) is 6.42 Å². The molecule has 6 nitrogen and oxygen atoms in total. The summed E-state index contributed by atoms with van der Waals surface area (Å²) >= 11 is 0. The summed E-state index contributed by atoms with van der Waals surface area (Å²) < 4.78 is 4.79. The molecule has 0 saturated carbocycles. The molecule has 0 amide bonds. The molecule has 0 aromatic carbocycles. The Morgan fingerprint density at radius 3 is 2.93 bits per heavy atom. The summed E-state index contributed by atoms with van der Waals surface area (Å²) in [5, 5.41) is 18.9. The van der Waals surface area contributed by atoms with Crippen LogP contribution in [0, 0.1) is 21.4 Å². The van der Waals surface area contributed by atoms with Crippen molar-refractivity contribution >= 4 is 5.69 Å². The van der Waals surface area contributed by atoms with E-state index in [0.29, 0.717) is 0 Å². The van der Waals surface area contributed by atoms with E-state index in [-0.39, 0.29) is 23.7 Å². The molecule has 0 aliphatic rings. The average Bonchev–Trinajstić information content (AvgIpc) is 2.17. The number of ether oxygens (including phenoxy) is 1. The van der Waals surface area contributed by atoms with Gasteiger partial charge < -0.3 is 4.74 Å². The maximum atomic E-state index is 10.5. The lowest BCUT2D eigenvalue weighted by atomic mass is 10.2. The lowest BCUT2D eigenvalue weighted by Crippen LogP contribution is -1.99. The first-order chi connectivity index (χ1) is 6.69. The Labute approximate surface area is 79.9 Å². The molecule has 0 fully saturated rings. The number of nitriles is 1. The Balaban J connectivity index is 3.18. The molecule has 0 radical (unpaired) electrons. The number of aromatic nitrogens is 1. The zero-order valence-corrected chi connectivity index (χ0v) is 7.43. The fourth-order valence-corrected chi connectivity index (χ4v) is 0.959. The smallest absolute Gasteiger partial charge is 0.292 e. The van der Waals surface area contributed by atoms with Gasteiger partial charge in [0.05, 0.1) is 24.5 Å². The second kappa shape index (κ2) is 4.18. The van der Waals surface area contributed by atoms with Gasteiger partial charge in [0.25, 0.3) is 5.69 Å². The Hall–Kier alpha value is -2.16. The predicted molar refractivity (Wildman–Crippen MR) is 46.8 cm³/mol. The van der Waals surface area contributed by atoms with E-state index in [1.54, 1.807) is 0 Å². The minimum absolute atomic E-state index is 0.104. The molecule has 1 aromatic heterocycles. The highest BCUT2D eigenvalue weighted by molar-refractivity contribution is 5.39. The van der Waals surface area contributed by atoms with Crippen LogP contribution in [0.15, 0.2) is 12.1 Å². The lowest BCUT2D eigenvalue weighted by Gasteiger charge is -2.00. The Morgan fingerprint density at radius 2 is 2.43 bits per heavy atom. The van der Waals surface area contributed by atoms with E-state index in [1.165, 1.54) is 19.2 Å². The average molecular weight is 193 g/mol. The highest BCUT2D eigenvalue weighted by Crippen LogP contribution is 2.20. The number of rotatable bonds is 3. The van der Waals surface area contributed by atoms with Crippen LogP contribution in [0.4, 0.5) is 5.69 Å². The van der Waals surface area contributed by atoms with Gasteiger partial charge >= 0.3 is 0 Å². The fraction of sp³-hybridized carbons (Fsp3) is 0.250. The topological polar surface area (TPSA) is 89.0 Å². The summed E-state index contributed by atoms with van der Waals surface area (Å²) in [5.41, 5.74) is -0.0378. The van der Waals surface area contributed by atoms with Crippen molar-refractivity contribution in [2.24, 2.45) is 0 Å². The van der Waals surface area contributed by atoms with Crippen molar-refractivity contribution in [3.63, 3.8) is 0 Å². The van der Waals surface area contributed by atoms with E-state index in [4.69, 9.17) is 10.00 Å². The summed E-state index contributed by atoms with van der Waals surface area (Å²) in [7, 11) is 1.41. The van der Waals surface area contributed by atoms with Gasteiger partial charge in [0, 0.05) is 12.1 Å². The maximum absolute atomic E-state index is 10.5. The molecule has 72 valence electrons. The second-order valence-corrected chi connectivity index (χ2v) is 2.41. The van der Waals surface area contributed by atoms with Crippen molar-refractivity contribution in [2.45, 2.75) is 6.42 Å². The molecule has 0 spiro atoms. The molecule has 0 atom stereocenters. The molecular formula is C8H7N3O3. The Kier molecular flexibility index (Phi) is 2.97. The van der Waals surface area contributed by atoms with Crippen LogP contribution in [0.3, 0.4) is 0 Å². The van der Waals surface area contributed by atoms with E-state index >= 15 is 0 Å². The SMILES string of the molecule is COc1ccc([N+](=O)[O-])c(CC#N)n1. The third-order valence-electron chi connectivity index (χ3n) is 1.58. The number of pyridine rings is 1. The zero-order valence-electron chi connectivity index (χ0n) is 7.43. The fourth-order valence-electron chi connectivity index (χ4n) is 0.959. The van der Waals surface area contributed by atoms with E-state index in [0.717, 1.165) is 0 Å². The number of nitro groups is 1. The minimum atomic E-state index is -0.570. The second-order valence-electron chi connectivity index (χ2n) is 2.41. The number of hydrogen-bond donors (Lipinski definition) is 0. The summed E-state index contributed by atoms with van der Waals surface area (Å²) in [6.45, 7) is 0. The highest BCUT2D eigenvalue weighted by Gasteiger charge is 2.15. The van der Waals surface area contributed by atoms with Crippen LogP contribution < -0.4 is 4.74 Å². The van der Waals surface area contributed by atoms with E-state index < -0.39 is 4.92 Å². The maximum Gasteiger partial charge on any atom is 0.292 e. The van der Waals surface area contributed by atoms with Crippen molar-refractivity contribution in [1.29, 1.82) is 5.26 Å². The van der Waals surface area contributed by atoms with Crippen LogP contribution >= 0.6 is 0 Å². The van der Waals surface area contributed by atoms with E-state index in [2.05, 4.69) is 4.98 Å². The first-order valence-corrected chi connectivity index (χ1v) is 3.74. The van der Waals surface area contributed by atoms with Gasteiger partial charge in [0.1, 0.15) is 5.69 Å². The standard InChI is InChI=1S/C8H7N3O3/c1-14-8-3-2-7(11(12)13)6(10-8)4-5-9/h2-3H,4H2,1H3. The molecule has 1 aromatic rings. The van der Waals surface area contributed by atoms with Gasteiger partial charge in [-0.3, -0.25) is 10.1 Å². The molecule has 0 N–H and O–H groups in total. The zero-order chi connectivity index (χ0) is 10.6. The van der Waals surface area contributed by atoms with Crippen LogP contribution in [0.5, 0.6) is 5.88 Å². The number of nitrogens with zero attached hydrogens (tertiary/aromatic N) is 3.